The van der Waals surface area contributed by atoms with Gasteiger partial charge in [0.2, 0.25) is 0 Å². The Labute approximate surface area is 108 Å². The summed E-state index contributed by atoms with van der Waals surface area (Å²) < 4.78 is 0. The summed E-state index contributed by atoms with van der Waals surface area (Å²) in [5.41, 5.74) is 1.30. The molecule has 0 bridgehead atoms. The van der Waals surface area contributed by atoms with Crippen LogP contribution in [0.25, 0.3) is 11.3 Å². The molecule has 2 rings (SSSR count). The van der Waals surface area contributed by atoms with E-state index in [1.165, 1.54) is 11.3 Å². The van der Waals surface area contributed by atoms with Gasteiger partial charge >= 0.3 is 5.97 Å². The van der Waals surface area contributed by atoms with Crippen LogP contribution in [0.2, 0.25) is 5.02 Å². The summed E-state index contributed by atoms with van der Waals surface area (Å²) in [4.78, 5) is 15.8. The molecule has 0 aliphatic carbocycles. The molecule has 17 heavy (non-hydrogen) atoms. The summed E-state index contributed by atoms with van der Waals surface area (Å²) >= 11 is 7.02. The largest absolute Gasteiger partial charge is 0.477 e. The van der Waals surface area contributed by atoms with E-state index in [-0.39, 0.29) is 4.88 Å². The van der Waals surface area contributed by atoms with E-state index >= 15 is 0 Å². The number of aryl methyl sites for hydroxylation is 1. The van der Waals surface area contributed by atoms with Crippen LogP contribution in [0.15, 0.2) is 24.3 Å². The molecule has 0 fully saturated rings. The van der Waals surface area contributed by atoms with Gasteiger partial charge in [0.1, 0.15) is 4.88 Å². The molecular formula is C12H10ClNO2S. The zero-order chi connectivity index (χ0) is 12.4. The van der Waals surface area contributed by atoms with E-state index in [0.717, 1.165) is 17.0 Å². The van der Waals surface area contributed by atoms with Gasteiger partial charge in [-0.15, -0.1) is 11.3 Å². The van der Waals surface area contributed by atoms with Gasteiger partial charge in [-0.1, -0.05) is 30.7 Å². The van der Waals surface area contributed by atoms with Crippen LogP contribution in [0, 0.1) is 0 Å². The molecule has 0 amide bonds. The second-order valence-corrected chi connectivity index (χ2v) is 4.97. The molecule has 1 aromatic carbocycles. The van der Waals surface area contributed by atoms with Gasteiger partial charge < -0.3 is 5.11 Å². The molecule has 1 aromatic heterocycles. The number of thiazole rings is 1. The Bertz CT molecular complexity index is 548. The first-order valence-corrected chi connectivity index (χ1v) is 6.30. The number of aromatic nitrogens is 1. The smallest absolute Gasteiger partial charge is 0.348 e. The summed E-state index contributed by atoms with van der Waals surface area (Å²) in [5, 5.41) is 10.6. The Hall–Kier alpha value is -1.39. The van der Waals surface area contributed by atoms with Gasteiger partial charge in [0, 0.05) is 10.6 Å². The minimum Gasteiger partial charge on any atom is -0.477 e. The van der Waals surface area contributed by atoms with Crippen molar-refractivity contribution in [2.24, 2.45) is 0 Å². The maximum atomic E-state index is 11.1. The van der Waals surface area contributed by atoms with Gasteiger partial charge in [-0.2, -0.15) is 0 Å². The van der Waals surface area contributed by atoms with Crippen molar-refractivity contribution in [3.8, 4) is 11.3 Å². The van der Waals surface area contributed by atoms with E-state index < -0.39 is 5.97 Å². The van der Waals surface area contributed by atoms with Crippen molar-refractivity contribution in [1.82, 2.24) is 4.98 Å². The number of carboxylic acids is 1. The van der Waals surface area contributed by atoms with E-state index in [4.69, 9.17) is 16.7 Å². The monoisotopic (exact) mass is 267 g/mol. The fourth-order valence-corrected chi connectivity index (χ4v) is 2.45. The molecule has 2 aromatic rings. The highest BCUT2D eigenvalue weighted by Crippen LogP contribution is 2.29. The number of nitrogens with zero attached hydrogens (tertiary/aromatic N) is 1. The fourth-order valence-electron chi connectivity index (χ4n) is 1.46. The van der Waals surface area contributed by atoms with Crippen LogP contribution in [0.3, 0.4) is 0 Å². The molecule has 0 spiro atoms. The summed E-state index contributed by atoms with van der Waals surface area (Å²) in [7, 11) is 0. The third kappa shape index (κ3) is 2.48. The number of carboxylic acid groups (broad SMARTS) is 1. The number of benzene rings is 1. The van der Waals surface area contributed by atoms with Crippen LogP contribution < -0.4 is 0 Å². The van der Waals surface area contributed by atoms with Gasteiger partial charge in [-0.25, -0.2) is 9.78 Å². The predicted molar refractivity (Wildman–Crippen MR) is 68.9 cm³/mol. The Morgan fingerprint density at radius 3 is 2.59 bits per heavy atom. The first-order chi connectivity index (χ1) is 8.11. The number of carbonyl (C=O) groups is 1. The third-order valence-corrected chi connectivity index (χ3v) is 3.73. The molecule has 0 atom stereocenters. The molecule has 0 radical (unpaired) electrons. The average Bonchev–Trinajstić information content (AvgIpc) is 2.74. The van der Waals surface area contributed by atoms with Crippen LogP contribution in [-0.4, -0.2) is 16.1 Å². The highest BCUT2D eigenvalue weighted by atomic mass is 35.5. The second-order valence-electron chi connectivity index (χ2n) is 3.45. The Balaban J connectivity index is 2.53. The minimum atomic E-state index is -0.938. The van der Waals surface area contributed by atoms with E-state index in [0.29, 0.717) is 10.7 Å². The molecule has 88 valence electrons. The highest BCUT2D eigenvalue weighted by Gasteiger charge is 2.17. The van der Waals surface area contributed by atoms with Crippen LogP contribution in [-0.2, 0) is 6.42 Å². The van der Waals surface area contributed by atoms with Crippen LogP contribution in [0.4, 0.5) is 0 Å². The van der Waals surface area contributed by atoms with Crippen molar-refractivity contribution in [2.75, 3.05) is 0 Å². The van der Waals surface area contributed by atoms with Crippen molar-refractivity contribution >= 4 is 28.9 Å². The first-order valence-electron chi connectivity index (χ1n) is 5.10. The first kappa shape index (κ1) is 12.1. The van der Waals surface area contributed by atoms with E-state index in [1.807, 2.05) is 6.92 Å². The van der Waals surface area contributed by atoms with Crippen LogP contribution in [0.5, 0.6) is 0 Å². The SMILES string of the molecule is CCc1nc(-c2ccc(Cl)cc2)c(C(=O)O)s1. The topological polar surface area (TPSA) is 50.2 Å². The minimum absolute atomic E-state index is 0.282. The van der Waals surface area contributed by atoms with Gasteiger partial charge in [0.25, 0.3) is 0 Å². The molecule has 0 saturated heterocycles. The standard InChI is InChI=1S/C12H10ClNO2S/c1-2-9-14-10(11(17-9)12(15)16)7-3-5-8(13)6-4-7/h3-6H,2H2,1H3,(H,15,16). The number of hydrogen-bond donors (Lipinski definition) is 1. The lowest BCUT2D eigenvalue weighted by molar-refractivity contribution is 0.0702. The molecule has 0 unspecified atom stereocenters. The number of halogens is 1. The van der Waals surface area contributed by atoms with Gasteiger partial charge in [0.05, 0.1) is 10.7 Å². The molecule has 1 heterocycles. The lowest BCUT2D eigenvalue weighted by atomic mass is 10.1. The molecular weight excluding hydrogens is 258 g/mol. The van der Waals surface area contributed by atoms with Gasteiger partial charge in [-0.3, -0.25) is 0 Å². The fraction of sp³-hybridized carbons (Fsp3) is 0.167. The summed E-state index contributed by atoms with van der Waals surface area (Å²) in [6, 6.07) is 7.02. The predicted octanol–water partition coefficient (Wildman–Crippen LogP) is 3.72. The summed E-state index contributed by atoms with van der Waals surface area (Å²) in [5.74, 6) is -0.938. The maximum Gasteiger partial charge on any atom is 0.348 e. The van der Waals surface area contributed by atoms with Crippen molar-refractivity contribution in [2.45, 2.75) is 13.3 Å². The van der Waals surface area contributed by atoms with Crippen LogP contribution >= 0.6 is 22.9 Å². The Kier molecular flexibility index (Phi) is 3.45. The van der Waals surface area contributed by atoms with Crippen molar-refractivity contribution < 1.29 is 9.90 Å². The normalized spacial score (nSPS) is 10.5. The molecule has 0 aliphatic rings. The second kappa shape index (κ2) is 4.85. The van der Waals surface area contributed by atoms with Gasteiger partial charge in [0.15, 0.2) is 0 Å². The number of rotatable bonds is 3. The van der Waals surface area contributed by atoms with E-state index in [1.54, 1.807) is 24.3 Å². The van der Waals surface area contributed by atoms with E-state index in [9.17, 15) is 4.79 Å². The lowest BCUT2D eigenvalue weighted by Crippen LogP contribution is -1.95. The average molecular weight is 268 g/mol. The molecule has 0 saturated carbocycles. The molecule has 5 heteroatoms. The maximum absolute atomic E-state index is 11.1. The van der Waals surface area contributed by atoms with Gasteiger partial charge in [-0.05, 0) is 18.6 Å². The molecule has 0 aliphatic heterocycles. The summed E-state index contributed by atoms with van der Waals surface area (Å²) in [6.45, 7) is 1.95. The Morgan fingerprint density at radius 2 is 2.06 bits per heavy atom. The quantitative estimate of drug-likeness (QED) is 0.922. The Morgan fingerprint density at radius 1 is 1.41 bits per heavy atom. The zero-order valence-corrected chi connectivity index (χ0v) is 10.7. The van der Waals surface area contributed by atoms with Crippen LogP contribution in [0.1, 0.15) is 21.6 Å². The number of hydrogen-bond acceptors (Lipinski definition) is 3. The van der Waals surface area contributed by atoms with Crippen molar-refractivity contribution in [1.29, 1.82) is 0 Å². The van der Waals surface area contributed by atoms with E-state index in [2.05, 4.69) is 4.98 Å². The zero-order valence-electron chi connectivity index (χ0n) is 9.11. The van der Waals surface area contributed by atoms with Crippen molar-refractivity contribution in [3.63, 3.8) is 0 Å². The summed E-state index contributed by atoms with van der Waals surface area (Å²) in [6.07, 6.45) is 0.735. The molecule has 3 nitrogen and oxygen atoms in total. The molecule has 1 N–H and O–H groups in total. The van der Waals surface area contributed by atoms with Crippen molar-refractivity contribution in [3.05, 3.63) is 39.2 Å². The third-order valence-electron chi connectivity index (χ3n) is 2.29. The highest BCUT2D eigenvalue weighted by molar-refractivity contribution is 7.14. The number of aromatic carboxylic acids is 1. The lowest BCUT2D eigenvalue weighted by Gasteiger charge is -1.98.